The molecule has 0 aromatic heterocycles. The number of hydrogen-bond donors (Lipinski definition) is 1. The molecule has 2 aromatic carbocycles. The molecule has 25 heavy (non-hydrogen) atoms. The second-order valence-corrected chi connectivity index (χ2v) is 7.47. The van der Waals surface area contributed by atoms with Crippen LogP contribution in [0.2, 0.25) is 0 Å². The van der Waals surface area contributed by atoms with Gasteiger partial charge in [0.2, 0.25) is 10.0 Å². The maximum Gasteiger partial charge on any atom is 0.289 e. The summed E-state index contributed by atoms with van der Waals surface area (Å²) in [4.78, 5) is 10.0. The Hall–Kier alpha value is -2.00. The number of rotatable bonds is 7. The molecular formula is C16H20ClN3O4S. The van der Waals surface area contributed by atoms with Crippen molar-refractivity contribution in [3.63, 3.8) is 0 Å². The van der Waals surface area contributed by atoms with E-state index in [0.717, 1.165) is 9.87 Å². The minimum absolute atomic E-state index is 0. The molecule has 1 atom stereocenters. The predicted octanol–water partition coefficient (Wildman–Crippen LogP) is 2.21. The van der Waals surface area contributed by atoms with Gasteiger partial charge >= 0.3 is 0 Å². The average molecular weight is 386 g/mol. The highest BCUT2D eigenvalue weighted by atomic mass is 35.5. The van der Waals surface area contributed by atoms with Crippen LogP contribution in [0.25, 0.3) is 0 Å². The monoisotopic (exact) mass is 385 g/mol. The first-order chi connectivity index (χ1) is 11.3. The van der Waals surface area contributed by atoms with Crippen LogP contribution >= 0.6 is 12.4 Å². The number of nitrogens with two attached hydrogens (primary N) is 1. The third-order valence-electron chi connectivity index (χ3n) is 3.58. The van der Waals surface area contributed by atoms with Gasteiger partial charge in [-0.3, -0.25) is 10.1 Å². The Labute approximate surface area is 153 Å². The molecule has 1 unspecified atom stereocenters. The third kappa shape index (κ3) is 5.23. The van der Waals surface area contributed by atoms with E-state index in [1.807, 2.05) is 30.3 Å². The van der Waals surface area contributed by atoms with Crippen molar-refractivity contribution in [3.05, 3.63) is 70.3 Å². The summed E-state index contributed by atoms with van der Waals surface area (Å²) in [6, 6.07) is 14.3. The van der Waals surface area contributed by atoms with Gasteiger partial charge in [0.15, 0.2) is 4.90 Å². The number of nitro groups is 1. The zero-order chi connectivity index (χ0) is 17.7. The molecule has 2 aromatic rings. The topological polar surface area (TPSA) is 107 Å². The molecule has 7 nitrogen and oxygen atoms in total. The summed E-state index contributed by atoms with van der Waals surface area (Å²) in [5.41, 5.74) is 6.60. The first kappa shape index (κ1) is 21.0. The molecule has 0 aliphatic rings. The summed E-state index contributed by atoms with van der Waals surface area (Å²) in [7, 11) is -2.62. The van der Waals surface area contributed by atoms with Gasteiger partial charge in [0.25, 0.3) is 5.69 Å². The van der Waals surface area contributed by atoms with Gasteiger partial charge in [-0.05, 0) is 18.1 Å². The fraction of sp³-hybridized carbons (Fsp3) is 0.250. The van der Waals surface area contributed by atoms with E-state index in [1.54, 1.807) is 0 Å². The first-order valence-corrected chi connectivity index (χ1v) is 8.75. The molecule has 0 saturated heterocycles. The van der Waals surface area contributed by atoms with E-state index in [0.29, 0.717) is 6.42 Å². The number of para-hydroxylation sites is 1. The van der Waals surface area contributed by atoms with Crippen LogP contribution in [0.3, 0.4) is 0 Å². The Bertz CT molecular complexity index is 815. The fourth-order valence-corrected chi connectivity index (χ4v) is 3.78. The number of benzene rings is 2. The molecule has 0 aliphatic heterocycles. The molecule has 0 saturated carbocycles. The minimum Gasteiger partial charge on any atom is -0.326 e. The zero-order valence-corrected chi connectivity index (χ0v) is 15.2. The van der Waals surface area contributed by atoms with Crippen LogP contribution in [-0.2, 0) is 16.4 Å². The molecule has 0 spiro atoms. The van der Waals surface area contributed by atoms with Gasteiger partial charge in [-0.15, -0.1) is 12.4 Å². The lowest BCUT2D eigenvalue weighted by Crippen LogP contribution is -2.40. The standard InChI is InChI=1S/C16H19N3O4S.ClH/c1-18(12-14(17)11-13-7-3-2-4-8-13)24(22,23)16-10-6-5-9-15(16)19(20)21;/h2-10,14H,11-12,17H2,1H3;1H. The van der Waals surface area contributed by atoms with Crippen LogP contribution in [0, 0.1) is 10.1 Å². The summed E-state index contributed by atoms with van der Waals surface area (Å²) < 4.78 is 26.3. The van der Waals surface area contributed by atoms with Crippen molar-refractivity contribution in [1.82, 2.24) is 4.31 Å². The molecule has 0 aliphatic carbocycles. The van der Waals surface area contributed by atoms with Crippen molar-refractivity contribution in [1.29, 1.82) is 0 Å². The van der Waals surface area contributed by atoms with Gasteiger partial charge in [0, 0.05) is 25.7 Å². The lowest BCUT2D eigenvalue weighted by Gasteiger charge is -2.21. The lowest BCUT2D eigenvalue weighted by atomic mass is 10.1. The van der Waals surface area contributed by atoms with Crippen molar-refractivity contribution >= 4 is 28.1 Å². The van der Waals surface area contributed by atoms with Gasteiger partial charge in [-0.1, -0.05) is 42.5 Å². The van der Waals surface area contributed by atoms with Crippen LogP contribution < -0.4 is 5.73 Å². The normalized spacial score (nSPS) is 12.4. The molecular weight excluding hydrogens is 366 g/mol. The largest absolute Gasteiger partial charge is 0.326 e. The number of hydrogen-bond acceptors (Lipinski definition) is 5. The average Bonchev–Trinajstić information content (AvgIpc) is 2.55. The summed E-state index contributed by atoms with van der Waals surface area (Å²) in [6.45, 7) is 0.0588. The van der Waals surface area contributed by atoms with Crippen molar-refractivity contribution < 1.29 is 13.3 Å². The predicted molar refractivity (Wildman–Crippen MR) is 98.3 cm³/mol. The summed E-state index contributed by atoms with van der Waals surface area (Å²) in [6.07, 6.45) is 0.511. The zero-order valence-electron chi connectivity index (χ0n) is 13.6. The van der Waals surface area contributed by atoms with E-state index in [1.165, 1.54) is 31.3 Å². The quantitative estimate of drug-likeness (QED) is 0.580. The molecule has 0 bridgehead atoms. The number of sulfonamides is 1. The van der Waals surface area contributed by atoms with Crippen LogP contribution in [0.15, 0.2) is 59.5 Å². The second-order valence-electron chi connectivity index (χ2n) is 5.46. The molecule has 0 radical (unpaired) electrons. The van der Waals surface area contributed by atoms with Crippen molar-refractivity contribution in [3.8, 4) is 0 Å². The van der Waals surface area contributed by atoms with E-state index in [2.05, 4.69) is 0 Å². The lowest BCUT2D eigenvalue weighted by molar-refractivity contribution is -0.387. The van der Waals surface area contributed by atoms with Crippen molar-refractivity contribution in [2.75, 3.05) is 13.6 Å². The van der Waals surface area contributed by atoms with Gasteiger partial charge in [0.1, 0.15) is 0 Å². The SMILES string of the molecule is CN(CC(N)Cc1ccccc1)S(=O)(=O)c1ccccc1[N+](=O)[O-].Cl. The molecule has 9 heteroatoms. The summed E-state index contributed by atoms with van der Waals surface area (Å²) >= 11 is 0. The highest BCUT2D eigenvalue weighted by Gasteiger charge is 2.29. The van der Waals surface area contributed by atoms with Gasteiger partial charge in [0.05, 0.1) is 4.92 Å². The molecule has 136 valence electrons. The maximum absolute atomic E-state index is 12.6. The van der Waals surface area contributed by atoms with E-state index in [4.69, 9.17) is 5.73 Å². The Kier molecular flexibility index (Phi) is 7.50. The number of nitro benzene ring substituents is 1. The van der Waals surface area contributed by atoms with Crippen molar-refractivity contribution in [2.24, 2.45) is 5.73 Å². The molecule has 0 amide bonds. The van der Waals surface area contributed by atoms with Crippen LogP contribution in [0.1, 0.15) is 5.56 Å². The smallest absolute Gasteiger partial charge is 0.289 e. The fourth-order valence-electron chi connectivity index (χ4n) is 2.40. The Morgan fingerprint density at radius 3 is 2.28 bits per heavy atom. The van der Waals surface area contributed by atoms with Crippen molar-refractivity contribution in [2.45, 2.75) is 17.4 Å². The van der Waals surface area contributed by atoms with Crippen LogP contribution in [0.5, 0.6) is 0 Å². The molecule has 2 rings (SSSR count). The van der Waals surface area contributed by atoms with E-state index in [-0.39, 0.29) is 23.8 Å². The van der Waals surface area contributed by atoms with E-state index >= 15 is 0 Å². The highest BCUT2D eigenvalue weighted by molar-refractivity contribution is 7.89. The van der Waals surface area contributed by atoms with E-state index < -0.39 is 26.7 Å². The van der Waals surface area contributed by atoms with Gasteiger partial charge in [-0.25, -0.2) is 8.42 Å². The number of nitrogens with zero attached hydrogens (tertiary/aromatic N) is 2. The van der Waals surface area contributed by atoms with Gasteiger partial charge in [-0.2, -0.15) is 4.31 Å². The Balaban J connectivity index is 0.00000312. The van der Waals surface area contributed by atoms with Gasteiger partial charge < -0.3 is 5.73 Å². The maximum atomic E-state index is 12.6. The highest BCUT2D eigenvalue weighted by Crippen LogP contribution is 2.25. The summed E-state index contributed by atoms with van der Waals surface area (Å²) in [5, 5.41) is 11.1. The summed E-state index contributed by atoms with van der Waals surface area (Å²) in [5.74, 6) is 0. The number of halogens is 1. The number of likely N-dealkylation sites (N-methyl/N-ethyl adjacent to an activating group) is 1. The second kappa shape index (κ2) is 8.91. The van der Waals surface area contributed by atoms with Crippen LogP contribution in [0.4, 0.5) is 5.69 Å². The van der Waals surface area contributed by atoms with Crippen LogP contribution in [-0.4, -0.2) is 37.3 Å². The molecule has 2 N–H and O–H groups in total. The third-order valence-corrected chi connectivity index (χ3v) is 5.45. The Morgan fingerprint density at radius 2 is 1.68 bits per heavy atom. The molecule has 0 fully saturated rings. The molecule has 0 heterocycles. The first-order valence-electron chi connectivity index (χ1n) is 7.31. The van der Waals surface area contributed by atoms with E-state index in [9.17, 15) is 18.5 Å². The Morgan fingerprint density at radius 1 is 1.12 bits per heavy atom. The minimum atomic E-state index is -3.99.